The molecule has 0 saturated heterocycles. The molecule has 1 heterocycles. The molecule has 0 aliphatic rings. The van der Waals surface area contributed by atoms with Gasteiger partial charge in [0.15, 0.2) is 5.82 Å². The van der Waals surface area contributed by atoms with Crippen LogP contribution >= 0.6 is 15.9 Å². The Hall–Kier alpha value is -1.42. The van der Waals surface area contributed by atoms with Crippen molar-refractivity contribution in [1.82, 2.24) is 9.97 Å². The first-order valence-corrected chi connectivity index (χ1v) is 7.99. The number of nitrogens with two attached hydrogens (primary N) is 1. The summed E-state index contributed by atoms with van der Waals surface area (Å²) in [5, 5.41) is 0. The summed E-state index contributed by atoms with van der Waals surface area (Å²) < 4.78 is 0.821. The van der Waals surface area contributed by atoms with E-state index in [2.05, 4.69) is 67.7 Å². The first-order valence-electron chi connectivity index (χ1n) is 7.19. The topological polar surface area (TPSA) is 51.8 Å². The molecule has 0 atom stereocenters. The van der Waals surface area contributed by atoms with Gasteiger partial charge < -0.3 is 5.73 Å². The summed E-state index contributed by atoms with van der Waals surface area (Å²) in [5.74, 6) is 1.74. The van der Waals surface area contributed by atoms with E-state index in [0.717, 1.165) is 22.2 Å². The third-order valence-electron chi connectivity index (χ3n) is 3.63. The lowest BCUT2D eigenvalue weighted by Gasteiger charge is -2.13. The lowest BCUT2D eigenvalue weighted by molar-refractivity contribution is 0.633. The Morgan fingerprint density at radius 3 is 2.29 bits per heavy atom. The maximum Gasteiger partial charge on any atom is 0.162 e. The average Bonchev–Trinajstić information content (AvgIpc) is 2.38. The normalized spacial score (nSPS) is 11.2. The third kappa shape index (κ3) is 3.43. The highest BCUT2D eigenvalue weighted by Gasteiger charge is 2.14. The van der Waals surface area contributed by atoms with Gasteiger partial charge in [-0.15, -0.1) is 0 Å². The highest BCUT2D eigenvalue weighted by molar-refractivity contribution is 9.10. The van der Waals surface area contributed by atoms with Crippen molar-refractivity contribution in [3.8, 4) is 11.4 Å². The van der Waals surface area contributed by atoms with E-state index in [1.165, 1.54) is 16.7 Å². The number of benzene rings is 1. The van der Waals surface area contributed by atoms with Crippen molar-refractivity contribution in [3.63, 3.8) is 0 Å². The number of nitrogen functional groups attached to an aromatic ring is 1. The lowest BCUT2D eigenvalue weighted by Crippen LogP contribution is -2.06. The highest BCUT2D eigenvalue weighted by Crippen LogP contribution is 2.29. The van der Waals surface area contributed by atoms with Gasteiger partial charge in [-0.1, -0.05) is 19.9 Å². The maximum atomic E-state index is 6.05. The smallest absolute Gasteiger partial charge is 0.162 e. The highest BCUT2D eigenvalue weighted by atomic mass is 79.9. The van der Waals surface area contributed by atoms with E-state index in [9.17, 15) is 0 Å². The van der Waals surface area contributed by atoms with Gasteiger partial charge in [-0.05, 0) is 71.8 Å². The van der Waals surface area contributed by atoms with E-state index in [0.29, 0.717) is 17.6 Å². The molecule has 2 aromatic rings. The first-order chi connectivity index (χ1) is 9.79. The summed E-state index contributed by atoms with van der Waals surface area (Å²) >= 11 is 3.51. The van der Waals surface area contributed by atoms with Crippen LogP contribution in [0.5, 0.6) is 0 Å². The van der Waals surface area contributed by atoms with E-state index < -0.39 is 0 Å². The fourth-order valence-electron chi connectivity index (χ4n) is 2.36. The van der Waals surface area contributed by atoms with Gasteiger partial charge in [0.1, 0.15) is 5.82 Å². The Kier molecular flexibility index (Phi) is 4.67. The fraction of sp³-hybridized carbons (Fsp3) is 0.412. The largest absolute Gasteiger partial charge is 0.383 e. The van der Waals surface area contributed by atoms with Crippen LogP contribution in [0.2, 0.25) is 0 Å². The van der Waals surface area contributed by atoms with Crippen molar-refractivity contribution in [3.05, 3.63) is 39.0 Å². The number of nitrogens with zero attached hydrogens (tertiary/aromatic N) is 2. The Morgan fingerprint density at radius 1 is 1.05 bits per heavy atom. The Bertz CT molecular complexity index is 678. The second kappa shape index (κ2) is 6.14. The molecular formula is C17H22BrN3. The van der Waals surface area contributed by atoms with Crippen molar-refractivity contribution in [2.75, 3.05) is 5.73 Å². The van der Waals surface area contributed by atoms with Crippen molar-refractivity contribution in [2.45, 2.75) is 41.0 Å². The number of aromatic nitrogens is 2. The zero-order valence-electron chi connectivity index (χ0n) is 13.3. The number of aryl methyl sites for hydroxylation is 3. The van der Waals surface area contributed by atoms with Gasteiger partial charge in [-0.3, -0.25) is 0 Å². The second-order valence-electron chi connectivity index (χ2n) is 6.04. The average molecular weight is 348 g/mol. The predicted molar refractivity (Wildman–Crippen MR) is 92.3 cm³/mol. The molecule has 0 amide bonds. The van der Waals surface area contributed by atoms with Crippen LogP contribution in [-0.2, 0) is 6.42 Å². The lowest BCUT2D eigenvalue weighted by atomic mass is 10.00. The molecule has 0 radical (unpaired) electrons. The number of rotatable bonds is 3. The van der Waals surface area contributed by atoms with Gasteiger partial charge in [-0.2, -0.15) is 0 Å². The molecule has 2 N–H and O–H groups in total. The van der Waals surface area contributed by atoms with Crippen LogP contribution in [0, 0.1) is 26.7 Å². The molecule has 0 bridgehead atoms. The molecular weight excluding hydrogens is 326 g/mol. The maximum absolute atomic E-state index is 6.05. The van der Waals surface area contributed by atoms with Crippen molar-refractivity contribution < 1.29 is 0 Å². The van der Waals surface area contributed by atoms with Crippen LogP contribution in [0.4, 0.5) is 5.82 Å². The van der Waals surface area contributed by atoms with Crippen LogP contribution in [0.25, 0.3) is 11.4 Å². The minimum Gasteiger partial charge on any atom is -0.383 e. The van der Waals surface area contributed by atoms with Gasteiger partial charge >= 0.3 is 0 Å². The monoisotopic (exact) mass is 347 g/mol. The predicted octanol–water partition coefficient (Wildman–Crippen LogP) is 4.61. The fourth-order valence-corrected chi connectivity index (χ4v) is 2.70. The molecule has 3 nitrogen and oxygen atoms in total. The molecule has 0 spiro atoms. The molecule has 1 aromatic heterocycles. The van der Waals surface area contributed by atoms with E-state index in [4.69, 9.17) is 10.7 Å². The van der Waals surface area contributed by atoms with Crippen molar-refractivity contribution in [2.24, 2.45) is 5.92 Å². The minimum absolute atomic E-state index is 0.508. The van der Waals surface area contributed by atoms with Gasteiger partial charge in [0.25, 0.3) is 0 Å². The Balaban J connectivity index is 2.59. The molecule has 2 rings (SSSR count). The van der Waals surface area contributed by atoms with Gasteiger partial charge in [-0.25, -0.2) is 9.97 Å². The number of hydrogen-bond donors (Lipinski definition) is 1. The Morgan fingerprint density at radius 2 is 1.67 bits per heavy atom. The number of hydrogen-bond acceptors (Lipinski definition) is 3. The SMILES string of the molecule is Cc1cc(C)c(-c2nc(N)c(Br)c(CC(C)C)n2)cc1C. The summed E-state index contributed by atoms with van der Waals surface area (Å²) in [7, 11) is 0. The molecule has 0 saturated carbocycles. The summed E-state index contributed by atoms with van der Waals surface area (Å²) in [4.78, 5) is 9.20. The van der Waals surface area contributed by atoms with Crippen molar-refractivity contribution in [1.29, 1.82) is 0 Å². The van der Waals surface area contributed by atoms with E-state index in [-0.39, 0.29) is 0 Å². The molecule has 4 heteroatoms. The zero-order valence-corrected chi connectivity index (χ0v) is 14.9. The first kappa shape index (κ1) is 16.0. The van der Waals surface area contributed by atoms with Gasteiger partial charge in [0.05, 0.1) is 10.2 Å². The third-order valence-corrected chi connectivity index (χ3v) is 4.49. The van der Waals surface area contributed by atoms with Crippen LogP contribution in [-0.4, -0.2) is 9.97 Å². The van der Waals surface area contributed by atoms with Crippen LogP contribution < -0.4 is 5.73 Å². The molecule has 0 unspecified atom stereocenters. The zero-order chi connectivity index (χ0) is 15.7. The minimum atomic E-state index is 0.508. The number of halogens is 1. The summed E-state index contributed by atoms with van der Waals surface area (Å²) in [6, 6.07) is 4.32. The van der Waals surface area contributed by atoms with E-state index in [1.54, 1.807) is 0 Å². The van der Waals surface area contributed by atoms with Crippen LogP contribution in [0.3, 0.4) is 0 Å². The summed E-state index contributed by atoms with van der Waals surface area (Å²) in [5.41, 5.74) is 11.8. The quantitative estimate of drug-likeness (QED) is 0.881. The standard InChI is InChI=1S/C17H22BrN3/c1-9(2)6-14-15(18)16(19)21-17(20-14)13-8-11(4)10(3)7-12(13)5/h7-9H,6H2,1-5H3,(H2,19,20,21). The molecule has 112 valence electrons. The van der Waals surface area contributed by atoms with Gasteiger partial charge in [0, 0.05) is 5.56 Å². The summed E-state index contributed by atoms with van der Waals surface area (Å²) in [6.45, 7) is 10.7. The molecule has 0 aliphatic heterocycles. The molecule has 0 fully saturated rings. The van der Waals surface area contributed by atoms with E-state index >= 15 is 0 Å². The van der Waals surface area contributed by atoms with Crippen molar-refractivity contribution >= 4 is 21.7 Å². The number of anilines is 1. The Labute approximate surface area is 135 Å². The summed E-state index contributed by atoms with van der Waals surface area (Å²) in [6.07, 6.45) is 0.879. The second-order valence-corrected chi connectivity index (χ2v) is 6.84. The molecule has 0 aliphatic carbocycles. The molecule has 21 heavy (non-hydrogen) atoms. The van der Waals surface area contributed by atoms with Gasteiger partial charge in [0.2, 0.25) is 0 Å². The van der Waals surface area contributed by atoms with Crippen LogP contribution in [0.15, 0.2) is 16.6 Å². The molecule has 1 aromatic carbocycles. The van der Waals surface area contributed by atoms with E-state index in [1.807, 2.05) is 0 Å². The van der Waals surface area contributed by atoms with Crippen LogP contribution in [0.1, 0.15) is 36.2 Å².